The third kappa shape index (κ3) is 4.66. The van der Waals surface area contributed by atoms with Gasteiger partial charge >= 0.3 is 0 Å². The molecule has 0 bridgehead atoms. The van der Waals surface area contributed by atoms with Crippen LogP contribution >= 0.6 is 15.9 Å². The lowest BCUT2D eigenvalue weighted by atomic mass is 10.0. The molecule has 0 heterocycles. The summed E-state index contributed by atoms with van der Waals surface area (Å²) >= 11 is 3.49. The van der Waals surface area contributed by atoms with E-state index in [1.54, 1.807) is 26.0 Å². The van der Waals surface area contributed by atoms with Gasteiger partial charge in [-0.2, -0.15) is 0 Å². The number of aryl methyl sites for hydroxylation is 2. The van der Waals surface area contributed by atoms with Gasteiger partial charge in [-0.3, -0.25) is 0 Å². The SMILES string of the molecule is CC(C)NS(=O)(=O)c1ccc(CCc2ccccc2)c(Br)c1. The zero-order valence-electron chi connectivity index (χ0n) is 12.7. The Morgan fingerprint density at radius 2 is 1.73 bits per heavy atom. The first-order valence-corrected chi connectivity index (χ1v) is 9.51. The van der Waals surface area contributed by atoms with E-state index in [1.165, 1.54) is 5.56 Å². The molecule has 0 fully saturated rings. The molecule has 1 N–H and O–H groups in total. The molecule has 0 unspecified atom stereocenters. The van der Waals surface area contributed by atoms with E-state index in [0.29, 0.717) is 0 Å². The highest BCUT2D eigenvalue weighted by Gasteiger charge is 2.16. The number of benzene rings is 2. The minimum atomic E-state index is -3.45. The number of rotatable bonds is 6. The van der Waals surface area contributed by atoms with Crippen LogP contribution in [0.2, 0.25) is 0 Å². The Balaban J connectivity index is 2.13. The first-order chi connectivity index (χ1) is 10.4. The second-order valence-corrected chi connectivity index (χ2v) is 8.08. The molecule has 118 valence electrons. The number of hydrogen-bond acceptors (Lipinski definition) is 2. The molecule has 0 aromatic heterocycles. The number of halogens is 1. The Morgan fingerprint density at radius 1 is 1.05 bits per heavy atom. The fourth-order valence-corrected chi connectivity index (χ4v) is 4.21. The van der Waals surface area contributed by atoms with Crippen molar-refractivity contribution in [1.29, 1.82) is 0 Å². The summed E-state index contributed by atoms with van der Waals surface area (Å²) in [6.45, 7) is 3.61. The average molecular weight is 382 g/mol. The van der Waals surface area contributed by atoms with Gasteiger partial charge in [0.15, 0.2) is 0 Å². The topological polar surface area (TPSA) is 46.2 Å². The van der Waals surface area contributed by atoms with Gasteiger partial charge in [-0.25, -0.2) is 13.1 Å². The van der Waals surface area contributed by atoms with Gasteiger partial charge in [0.05, 0.1) is 4.90 Å². The highest BCUT2D eigenvalue weighted by Crippen LogP contribution is 2.23. The van der Waals surface area contributed by atoms with E-state index in [2.05, 4.69) is 32.8 Å². The minimum Gasteiger partial charge on any atom is -0.209 e. The maximum atomic E-state index is 12.2. The summed E-state index contributed by atoms with van der Waals surface area (Å²) in [5.74, 6) is 0. The van der Waals surface area contributed by atoms with Crippen LogP contribution in [0.1, 0.15) is 25.0 Å². The lowest BCUT2D eigenvalue weighted by Crippen LogP contribution is -2.30. The van der Waals surface area contributed by atoms with Gasteiger partial charge in [-0.05, 0) is 49.9 Å². The maximum absolute atomic E-state index is 12.2. The second kappa shape index (κ2) is 7.40. The fraction of sp³-hybridized carbons (Fsp3) is 0.294. The molecule has 0 saturated heterocycles. The molecule has 5 heteroatoms. The van der Waals surface area contributed by atoms with Gasteiger partial charge in [0, 0.05) is 10.5 Å². The van der Waals surface area contributed by atoms with Crippen molar-refractivity contribution in [3.05, 3.63) is 64.1 Å². The summed E-state index contributed by atoms with van der Waals surface area (Å²) in [6, 6.07) is 15.3. The Hall–Kier alpha value is -1.17. The van der Waals surface area contributed by atoms with Crippen molar-refractivity contribution in [3.63, 3.8) is 0 Å². The largest absolute Gasteiger partial charge is 0.240 e. The van der Waals surface area contributed by atoms with Crippen LogP contribution < -0.4 is 4.72 Å². The molecule has 0 radical (unpaired) electrons. The van der Waals surface area contributed by atoms with Crippen LogP contribution in [-0.2, 0) is 22.9 Å². The minimum absolute atomic E-state index is 0.124. The standard InChI is InChI=1S/C17H20BrNO2S/c1-13(2)19-22(20,21)16-11-10-15(17(18)12-16)9-8-14-6-4-3-5-7-14/h3-7,10-13,19H,8-9H2,1-2H3. The van der Waals surface area contributed by atoms with Crippen LogP contribution in [0, 0.1) is 0 Å². The second-order valence-electron chi connectivity index (χ2n) is 5.51. The molecule has 3 nitrogen and oxygen atoms in total. The van der Waals surface area contributed by atoms with Crippen LogP contribution in [0.3, 0.4) is 0 Å². The monoisotopic (exact) mass is 381 g/mol. The Kier molecular flexibility index (Phi) is 5.78. The molecule has 2 aromatic rings. The van der Waals surface area contributed by atoms with Gasteiger partial charge in [-0.15, -0.1) is 0 Å². The fourth-order valence-electron chi connectivity index (χ4n) is 2.20. The van der Waals surface area contributed by atoms with E-state index < -0.39 is 10.0 Å². The van der Waals surface area contributed by atoms with E-state index in [-0.39, 0.29) is 10.9 Å². The Morgan fingerprint density at radius 3 is 2.32 bits per heavy atom. The van der Waals surface area contributed by atoms with E-state index in [1.807, 2.05) is 24.3 Å². The van der Waals surface area contributed by atoms with Crippen molar-refractivity contribution < 1.29 is 8.42 Å². The van der Waals surface area contributed by atoms with Crippen LogP contribution in [-0.4, -0.2) is 14.5 Å². The number of hydrogen-bond donors (Lipinski definition) is 1. The third-order valence-corrected chi connectivity index (χ3v) is 5.65. The van der Waals surface area contributed by atoms with Crippen LogP contribution in [0.4, 0.5) is 0 Å². The van der Waals surface area contributed by atoms with E-state index in [0.717, 1.165) is 22.9 Å². The predicted octanol–water partition coefficient (Wildman–Crippen LogP) is 3.92. The van der Waals surface area contributed by atoms with Crippen LogP contribution in [0.15, 0.2) is 57.9 Å². The maximum Gasteiger partial charge on any atom is 0.240 e. The highest BCUT2D eigenvalue weighted by molar-refractivity contribution is 9.10. The molecule has 22 heavy (non-hydrogen) atoms. The molecular weight excluding hydrogens is 362 g/mol. The Labute approximate surface area is 140 Å². The van der Waals surface area contributed by atoms with Crippen LogP contribution in [0.25, 0.3) is 0 Å². The van der Waals surface area contributed by atoms with Crippen molar-refractivity contribution in [2.24, 2.45) is 0 Å². The zero-order chi connectivity index (χ0) is 16.2. The highest BCUT2D eigenvalue weighted by atomic mass is 79.9. The smallest absolute Gasteiger partial charge is 0.209 e. The first-order valence-electron chi connectivity index (χ1n) is 7.23. The molecule has 0 saturated carbocycles. The van der Waals surface area contributed by atoms with Gasteiger partial charge in [-0.1, -0.05) is 52.3 Å². The van der Waals surface area contributed by atoms with Crippen molar-refractivity contribution in [2.45, 2.75) is 37.6 Å². The summed E-state index contributed by atoms with van der Waals surface area (Å²) in [5.41, 5.74) is 2.37. The summed E-state index contributed by atoms with van der Waals surface area (Å²) < 4.78 is 27.7. The lowest BCUT2D eigenvalue weighted by Gasteiger charge is -2.11. The molecule has 0 aliphatic heterocycles. The first kappa shape index (κ1) is 17.2. The van der Waals surface area contributed by atoms with Crippen molar-refractivity contribution >= 4 is 26.0 Å². The normalized spacial score (nSPS) is 11.8. The van der Waals surface area contributed by atoms with Crippen LogP contribution in [0.5, 0.6) is 0 Å². The predicted molar refractivity (Wildman–Crippen MR) is 93.4 cm³/mol. The van der Waals surface area contributed by atoms with Gasteiger partial charge in [0.1, 0.15) is 0 Å². The molecule has 2 rings (SSSR count). The van der Waals surface area contributed by atoms with Crippen molar-refractivity contribution in [2.75, 3.05) is 0 Å². The zero-order valence-corrected chi connectivity index (χ0v) is 15.1. The van der Waals surface area contributed by atoms with Gasteiger partial charge in [0.25, 0.3) is 0 Å². The van der Waals surface area contributed by atoms with E-state index in [4.69, 9.17) is 0 Å². The molecule has 0 spiro atoms. The molecular formula is C17H20BrNO2S. The summed E-state index contributed by atoms with van der Waals surface area (Å²) in [7, 11) is -3.45. The van der Waals surface area contributed by atoms with Gasteiger partial charge in [0.2, 0.25) is 10.0 Å². The van der Waals surface area contributed by atoms with E-state index >= 15 is 0 Å². The lowest BCUT2D eigenvalue weighted by molar-refractivity contribution is 0.570. The summed E-state index contributed by atoms with van der Waals surface area (Å²) in [4.78, 5) is 0.288. The van der Waals surface area contributed by atoms with Gasteiger partial charge < -0.3 is 0 Å². The van der Waals surface area contributed by atoms with Crippen molar-refractivity contribution in [3.8, 4) is 0 Å². The number of sulfonamides is 1. The average Bonchev–Trinajstić information content (AvgIpc) is 2.45. The third-order valence-electron chi connectivity index (χ3n) is 3.25. The molecule has 0 aliphatic rings. The Bertz CT molecular complexity index is 728. The number of nitrogens with one attached hydrogen (secondary N) is 1. The summed E-state index contributed by atoms with van der Waals surface area (Å²) in [6.07, 6.45) is 1.79. The van der Waals surface area contributed by atoms with E-state index in [9.17, 15) is 8.42 Å². The molecule has 2 aromatic carbocycles. The summed E-state index contributed by atoms with van der Waals surface area (Å²) in [5, 5.41) is 0. The van der Waals surface area contributed by atoms with Crippen molar-refractivity contribution in [1.82, 2.24) is 4.72 Å². The molecule has 0 amide bonds. The molecule has 0 atom stereocenters. The quantitative estimate of drug-likeness (QED) is 0.823. The molecule has 0 aliphatic carbocycles.